The maximum atomic E-state index is 13.4. The van der Waals surface area contributed by atoms with E-state index in [1.54, 1.807) is 79.9 Å². The lowest BCUT2D eigenvalue weighted by Gasteiger charge is -2.22. The van der Waals surface area contributed by atoms with Gasteiger partial charge in [0.05, 0.1) is 33.4 Å². The van der Waals surface area contributed by atoms with Crippen molar-refractivity contribution in [2.45, 2.75) is 19.0 Å². The fraction of sp³-hybridized carbons (Fsp3) is 0.222. The Kier molecular flexibility index (Phi) is 7.39. The van der Waals surface area contributed by atoms with Crippen LogP contribution >= 0.6 is 0 Å². The highest BCUT2D eigenvalue weighted by Crippen LogP contribution is 2.32. The predicted octanol–water partition coefficient (Wildman–Crippen LogP) is 4.08. The van der Waals surface area contributed by atoms with Crippen LogP contribution in [-0.2, 0) is 16.1 Å². The summed E-state index contributed by atoms with van der Waals surface area (Å²) in [5.74, 6) is 0.854. The number of para-hydroxylation sites is 1. The molecule has 0 aliphatic carbocycles. The molecule has 0 radical (unpaired) electrons. The predicted molar refractivity (Wildman–Crippen MR) is 134 cm³/mol. The van der Waals surface area contributed by atoms with E-state index in [9.17, 15) is 14.4 Å². The number of urea groups is 1. The van der Waals surface area contributed by atoms with E-state index in [1.807, 2.05) is 0 Å². The van der Waals surface area contributed by atoms with E-state index in [4.69, 9.17) is 14.2 Å². The molecule has 1 fully saturated rings. The van der Waals surface area contributed by atoms with E-state index in [1.165, 1.54) is 19.1 Å². The number of hydrogen-bond donors (Lipinski definition) is 1. The highest BCUT2D eigenvalue weighted by Gasteiger charge is 2.46. The zero-order chi connectivity index (χ0) is 25.7. The number of nitrogens with zero attached hydrogens (tertiary/aromatic N) is 2. The molecule has 1 aliphatic rings. The van der Waals surface area contributed by atoms with Crippen LogP contribution in [-0.4, -0.2) is 50.1 Å². The maximum Gasteiger partial charge on any atom is 0.332 e. The van der Waals surface area contributed by atoms with Crippen LogP contribution in [0.4, 0.5) is 16.2 Å². The van der Waals surface area contributed by atoms with E-state index in [0.29, 0.717) is 28.6 Å². The first kappa shape index (κ1) is 24.6. The van der Waals surface area contributed by atoms with E-state index in [0.717, 1.165) is 10.5 Å². The van der Waals surface area contributed by atoms with Gasteiger partial charge < -0.3 is 24.4 Å². The van der Waals surface area contributed by atoms with Crippen molar-refractivity contribution >= 4 is 29.2 Å². The molecule has 1 N–H and O–H groups in total. The quantitative estimate of drug-likeness (QED) is 0.455. The molecular weight excluding hydrogens is 462 g/mol. The summed E-state index contributed by atoms with van der Waals surface area (Å²) in [6.07, 6.45) is -0.201. The summed E-state index contributed by atoms with van der Waals surface area (Å²) in [6, 6.07) is 19.3. The number of anilines is 2. The summed E-state index contributed by atoms with van der Waals surface area (Å²) in [5.41, 5.74) is 1.73. The smallest absolute Gasteiger partial charge is 0.332 e. The standard InChI is InChI=1S/C27H27N3O6/c1-34-21-12-10-19(11-13-21)28-25(31)16-22-26(32)30(20-7-5-4-6-8-20)27(33)29(22)17-18-9-14-23(35-2)24(15-18)36-3/h4-15,22H,16-17H2,1-3H3,(H,28,31)/t22-/m1/s1. The van der Waals surface area contributed by atoms with Gasteiger partial charge in [-0.1, -0.05) is 24.3 Å². The second kappa shape index (κ2) is 10.8. The minimum Gasteiger partial charge on any atom is -0.497 e. The third kappa shape index (κ3) is 5.10. The number of ether oxygens (including phenoxy) is 3. The largest absolute Gasteiger partial charge is 0.497 e. The molecule has 0 aromatic heterocycles. The fourth-order valence-electron chi connectivity index (χ4n) is 4.07. The van der Waals surface area contributed by atoms with Crippen LogP contribution in [0.1, 0.15) is 12.0 Å². The number of carbonyl (C=O) groups excluding carboxylic acids is 3. The second-order valence-corrected chi connectivity index (χ2v) is 8.11. The second-order valence-electron chi connectivity index (χ2n) is 8.11. The molecule has 4 rings (SSSR count). The van der Waals surface area contributed by atoms with Gasteiger partial charge in [0, 0.05) is 12.2 Å². The molecule has 0 saturated carbocycles. The van der Waals surface area contributed by atoms with Gasteiger partial charge in [0.15, 0.2) is 11.5 Å². The van der Waals surface area contributed by atoms with Gasteiger partial charge in [0.2, 0.25) is 5.91 Å². The third-order valence-corrected chi connectivity index (χ3v) is 5.89. The molecule has 9 nitrogen and oxygen atoms in total. The lowest BCUT2D eigenvalue weighted by atomic mass is 10.1. The highest BCUT2D eigenvalue weighted by molar-refractivity contribution is 6.22. The summed E-state index contributed by atoms with van der Waals surface area (Å²) < 4.78 is 15.8. The van der Waals surface area contributed by atoms with Gasteiger partial charge in [-0.25, -0.2) is 9.69 Å². The van der Waals surface area contributed by atoms with Crippen molar-refractivity contribution in [2.24, 2.45) is 0 Å². The number of methoxy groups -OCH3 is 3. The van der Waals surface area contributed by atoms with Crippen LogP contribution in [0, 0.1) is 0 Å². The molecular formula is C27H27N3O6. The normalized spacial score (nSPS) is 15.1. The number of hydrogen-bond acceptors (Lipinski definition) is 6. The van der Waals surface area contributed by atoms with E-state index in [-0.39, 0.29) is 13.0 Å². The van der Waals surface area contributed by atoms with E-state index < -0.39 is 23.9 Å². The van der Waals surface area contributed by atoms with Crippen LogP contribution < -0.4 is 24.4 Å². The monoisotopic (exact) mass is 489 g/mol. The minimum absolute atomic E-state index is 0.106. The Hall–Kier alpha value is -4.53. The van der Waals surface area contributed by atoms with Crippen molar-refractivity contribution in [1.29, 1.82) is 0 Å². The number of benzene rings is 3. The zero-order valence-corrected chi connectivity index (χ0v) is 20.3. The maximum absolute atomic E-state index is 13.4. The Bertz CT molecular complexity index is 1250. The number of nitrogens with one attached hydrogen (secondary N) is 1. The molecule has 1 saturated heterocycles. The zero-order valence-electron chi connectivity index (χ0n) is 20.3. The molecule has 0 unspecified atom stereocenters. The highest BCUT2D eigenvalue weighted by atomic mass is 16.5. The van der Waals surface area contributed by atoms with Crippen LogP contribution in [0.15, 0.2) is 72.8 Å². The number of rotatable bonds is 9. The molecule has 1 aliphatic heterocycles. The van der Waals surface area contributed by atoms with Crippen LogP contribution in [0.2, 0.25) is 0 Å². The van der Waals surface area contributed by atoms with Crippen molar-refractivity contribution < 1.29 is 28.6 Å². The summed E-state index contributed by atoms with van der Waals surface area (Å²) in [6.45, 7) is 0.106. The lowest BCUT2D eigenvalue weighted by molar-refractivity contribution is -0.124. The van der Waals surface area contributed by atoms with Crippen molar-refractivity contribution in [2.75, 3.05) is 31.5 Å². The van der Waals surface area contributed by atoms with Crippen molar-refractivity contribution in [3.8, 4) is 17.2 Å². The lowest BCUT2D eigenvalue weighted by Crippen LogP contribution is -2.37. The van der Waals surface area contributed by atoms with E-state index >= 15 is 0 Å². The molecule has 186 valence electrons. The Morgan fingerprint density at radius 2 is 1.56 bits per heavy atom. The SMILES string of the molecule is COc1ccc(NC(=O)C[C@@H]2C(=O)N(c3ccccc3)C(=O)N2Cc2ccc(OC)c(OC)c2)cc1. The third-order valence-electron chi connectivity index (χ3n) is 5.89. The van der Waals surface area contributed by atoms with Gasteiger partial charge >= 0.3 is 6.03 Å². The average molecular weight is 490 g/mol. The van der Waals surface area contributed by atoms with Gasteiger partial charge in [0.25, 0.3) is 5.91 Å². The number of imide groups is 1. The summed E-state index contributed by atoms with van der Waals surface area (Å²) in [7, 11) is 4.62. The van der Waals surface area contributed by atoms with E-state index in [2.05, 4.69) is 5.32 Å². The number of amides is 4. The molecule has 0 spiro atoms. The minimum atomic E-state index is -0.982. The topological polar surface area (TPSA) is 97.4 Å². The number of carbonyl (C=O) groups is 3. The molecule has 3 aromatic carbocycles. The van der Waals surface area contributed by atoms with Crippen LogP contribution in [0.3, 0.4) is 0 Å². The summed E-state index contributed by atoms with van der Waals surface area (Å²) in [4.78, 5) is 42.3. The first-order chi connectivity index (χ1) is 17.4. The molecule has 3 aromatic rings. The molecule has 0 bridgehead atoms. The van der Waals surface area contributed by atoms with Crippen molar-refractivity contribution in [3.05, 3.63) is 78.4 Å². The average Bonchev–Trinajstić information content (AvgIpc) is 3.13. The van der Waals surface area contributed by atoms with Gasteiger partial charge in [-0.2, -0.15) is 0 Å². The summed E-state index contributed by atoms with van der Waals surface area (Å²) >= 11 is 0. The van der Waals surface area contributed by atoms with Crippen molar-refractivity contribution in [3.63, 3.8) is 0 Å². The molecule has 9 heteroatoms. The molecule has 4 amide bonds. The Morgan fingerprint density at radius 3 is 2.19 bits per heavy atom. The van der Waals surface area contributed by atoms with Gasteiger partial charge in [-0.05, 0) is 54.1 Å². The van der Waals surface area contributed by atoms with Crippen molar-refractivity contribution in [1.82, 2.24) is 4.90 Å². The molecule has 1 heterocycles. The van der Waals surface area contributed by atoms with Crippen LogP contribution in [0.25, 0.3) is 0 Å². The Morgan fingerprint density at radius 1 is 0.861 bits per heavy atom. The molecule has 1 atom stereocenters. The van der Waals surface area contributed by atoms with Gasteiger partial charge in [-0.15, -0.1) is 0 Å². The van der Waals surface area contributed by atoms with Crippen LogP contribution in [0.5, 0.6) is 17.2 Å². The summed E-state index contributed by atoms with van der Waals surface area (Å²) in [5, 5.41) is 2.79. The molecule has 36 heavy (non-hydrogen) atoms. The van der Waals surface area contributed by atoms with Gasteiger partial charge in [0.1, 0.15) is 11.8 Å². The first-order valence-electron chi connectivity index (χ1n) is 11.3. The Labute approximate surface area is 209 Å². The van der Waals surface area contributed by atoms with Gasteiger partial charge in [-0.3, -0.25) is 9.59 Å². The Balaban J connectivity index is 1.60. The fourth-order valence-corrected chi connectivity index (χ4v) is 4.07. The first-order valence-corrected chi connectivity index (χ1v) is 11.3.